The molecule has 19 nitrogen and oxygen atoms in total. The van der Waals surface area contributed by atoms with Gasteiger partial charge in [-0.05, 0) is 107 Å². The van der Waals surface area contributed by atoms with E-state index in [0.717, 1.165) is 47.4 Å². The highest BCUT2D eigenvalue weighted by atomic mass is 32.1. The van der Waals surface area contributed by atoms with Crippen LogP contribution in [0.5, 0.6) is 11.8 Å². The number of aliphatic hydroxyl groups is 1. The number of aryl methyl sites for hydroxylation is 1. The SMILES string of the molecule is C#Cc1c(F)ccc2cc(OCOC)cc(-c3ncc4c(N5CC6CCC(C5)N6C(=O)OC(C)(C)C)nc(OCC5(CN(C)CCC(=O)N[C@H](C(=O)N6C[C@H](O)C[C@H]6C(=O)N[C@@H](C)c6ccc(-c7scnc7C)cc6)C(C)(C)C)CC5)nc4c3F)c12. The van der Waals surface area contributed by atoms with Gasteiger partial charge in [0.1, 0.15) is 46.3 Å². The number of ether oxygens (including phenoxy) is 4. The van der Waals surface area contributed by atoms with E-state index in [-0.39, 0.29) is 96.0 Å². The van der Waals surface area contributed by atoms with E-state index in [1.54, 1.807) is 22.3 Å². The average Bonchev–Trinajstić information content (AvgIpc) is 0.885. The molecule has 456 valence electrons. The van der Waals surface area contributed by atoms with Crippen LogP contribution in [0.1, 0.15) is 110 Å². The number of benzene rings is 3. The van der Waals surface area contributed by atoms with E-state index in [2.05, 4.69) is 26.5 Å². The zero-order valence-corrected chi connectivity index (χ0v) is 51.3. The zero-order valence-electron chi connectivity index (χ0n) is 50.5. The number of carbonyl (C=O) groups is 4. The lowest BCUT2D eigenvalue weighted by Crippen LogP contribution is -2.58. The number of pyridine rings is 1. The molecule has 2 unspecified atom stereocenters. The molecule has 3 aromatic heterocycles. The number of methoxy groups -OCH3 is 1. The van der Waals surface area contributed by atoms with Crippen LogP contribution in [-0.2, 0) is 23.9 Å². The number of terminal acetylenes is 1. The second kappa shape index (κ2) is 24.7. The summed E-state index contributed by atoms with van der Waals surface area (Å²) in [5.41, 5.74) is 2.70. The summed E-state index contributed by atoms with van der Waals surface area (Å²) in [6.07, 6.45) is 9.22. The van der Waals surface area contributed by atoms with Crippen LogP contribution in [0.3, 0.4) is 0 Å². The minimum absolute atomic E-state index is 0.0519. The number of amides is 4. The molecule has 4 amide bonds. The number of rotatable bonds is 19. The third-order valence-electron chi connectivity index (χ3n) is 16.7. The van der Waals surface area contributed by atoms with E-state index in [1.807, 2.05) is 102 Å². The topological polar surface area (TPSA) is 214 Å². The van der Waals surface area contributed by atoms with E-state index in [1.165, 1.54) is 36.4 Å². The summed E-state index contributed by atoms with van der Waals surface area (Å²) in [6.45, 7) is 16.5. The Labute approximate surface area is 504 Å². The number of halogens is 2. The first kappa shape index (κ1) is 61.5. The normalized spacial score (nSPS) is 19.8. The van der Waals surface area contributed by atoms with Gasteiger partial charge in [-0.25, -0.2) is 18.6 Å². The fourth-order valence-corrected chi connectivity index (χ4v) is 12.9. The van der Waals surface area contributed by atoms with Crippen LogP contribution < -0.4 is 25.0 Å². The molecule has 4 fully saturated rings. The van der Waals surface area contributed by atoms with Crippen molar-refractivity contribution >= 4 is 62.6 Å². The molecule has 4 aliphatic rings. The summed E-state index contributed by atoms with van der Waals surface area (Å²) in [5, 5.41) is 17.9. The molecule has 0 radical (unpaired) electrons. The fraction of sp³-hybridized carbons (Fsp3) is 0.500. The third-order valence-corrected chi connectivity index (χ3v) is 17.6. The molecule has 6 heterocycles. The summed E-state index contributed by atoms with van der Waals surface area (Å²) >= 11 is 1.56. The number of piperazine rings is 1. The number of nitrogens with zero attached hydrogens (tertiary/aromatic N) is 8. The Morgan fingerprint density at radius 3 is 2.33 bits per heavy atom. The summed E-state index contributed by atoms with van der Waals surface area (Å²) in [7, 11) is 3.37. The molecule has 3 aromatic carbocycles. The maximum Gasteiger partial charge on any atom is 0.410 e. The first-order chi connectivity index (χ1) is 40.8. The Morgan fingerprint density at radius 1 is 0.965 bits per heavy atom. The van der Waals surface area contributed by atoms with Crippen LogP contribution in [0.15, 0.2) is 60.2 Å². The highest BCUT2D eigenvalue weighted by Crippen LogP contribution is 2.47. The van der Waals surface area contributed by atoms with Crippen molar-refractivity contribution in [2.24, 2.45) is 10.8 Å². The van der Waals surface area contributed by atoms with Gasteiger partial charge in [0.05, 0.1) is 57.9 Å². The molecule has 6 atom stereocenters. The molecule has 22 heteroatoms. The molecule has 1 aliphatic carbocycles. The number of hydrogen-bond acceptors (Lipinski definition) is 16. The molecule has 2 bridgehead atoms. The van der Waals surface area contributed by atoms with Gasteiger partial charge in [-0.15, -0.1) is 17.8 Å². The summed E-state index contributed by atoms with van der Waals surface area (Å²) in [4.78, 5) is 82.8. The summed E-state index contributed by atoms with van der Waals surface area (Å²) in [6, 6.07) is 11.0. The molecular formula is C64H76F2N10O9S. The van der Waals surface area contributed by atoms with E-state index >= 15 is 8.78 Å². The van der Waals surface area contributed by atoms with Crippen LogP contribution in [0.25, 0.3) is 43.4 Å². The first-order valence-corrected chi connectivity index (χ1v) is 30.1. The molecule has 10 rings (SSSR count). The van der Waals surface area contributed by atoms with E-state index in [0.29, 0.717) is 48.5 Å². The molecule has 0 spiro atoms. The van der Waals surface area contributed by atoms with Crippen molar-refractivity contribution in [2.45, 2.75) is 136 Å². The van der Waals surface area contributed by atoms with E-state index in [9.17, 15) is 24.3 Å². The predicted molar refractivity (Wildman–Crippen MR) is 323 cm³/mol. The number of aromatic nitrogens is 4. The number of hydrogen-bond donors (Lipinski definition) is 3. The average molecular weight is 1200 g/mol. The first-order valence-electron chi connectivity index (χ1n) is 29.2. The predicted octanol–water partition coefficient (Wildman–Crippen LogP) is 8.96. The van der Waals surface area contributed by atoms with E-state index in [4.69, 9.17) is 35.3 Å². The van der Waals surface area contributed by atoms with Gasteiger partial charge in [0.25, 0.3) is 0 Å². The van der Waals surface area contributed by atoms with Crippen LogP contribution in [0, 0.1) is 41.7 Å². The maximum absolute atomic E-state index is 17.7. The molecule has 1 saturated carbocycles. The van der Waals surface area contributed by atoms with Crippen molar-refractivity contribution in [2.75, 3.05) is 65.2 Å². The Kier molecular flexibility index (Phi) is 17.6. The monoisotopic (exact) mass is 1200 g/mol. The fourth-order valence-electron chi connectivity index (χ4n) is 12.1. The minimum atomic E-state index is -1.00. The number of β-amino-alcohol motifs (C(OH)–C–C–N with tert-alkyl or cyclic N) is 1. The number of anilines is 1. The second-order valence-corrected chi connectivity index (χ2v) is 26.4. The minimum Gasteiger partial charge on any atom is -0.468 e. The van der Waals surface area contributed by atoms with Gasteiger partial charge in [-0.1, -0.05) is 57.0 Å². The number of thiazole rings is 1. The third kappa shape index (κ3) is 13.2. The summed E-state index contributed by atoms with van der Waals surface area (Å²) in [5.74, 6) is 0.429. The lowest BCUT2D eigenvalue weighted by atomic mass is 9.85. The van der Waals surface area contributed by atoms with Gasteiger partial charge in [0.15, 0.2) is 12.6 Å². The second-order valence-electron chi connectivity index (χ2n) is 25.5. The standard InChI is InChI=1S/C64H76F2N10O9S/c1-12-45-48(65)20-17-40-25-44(84-35-82-11)27-46(51(40)45)53-52(66)54-47(28-67-53)57(74-29-41-18-19-42(30-74)76(41)61(81)85-63(7,8)9)72-60(71-54)83-33-64(22-23-64)32-73(10)24-21-50(78)70-56(62(4,5)6)59(80)75-31-43(77)26-49(75)58(79)69-36(2)38-13-15-39(16-14-38)55-37(3)68-34-86-55/h1,13-17,20,25,27-28,34,36,41-43,49,56,77H,18-19,21-24,26,29-33,35H2,2-11H3,(H,69,79)(H,70,78)/t36-,41?,42?,43+,49-,56+/m0/s1. The molecule has 3 aliphatic heterocycles. The number of nitrogens with one attached hydrogen (secondary N) is 2. The quantitative estimate of drug-likeness (QED) is 0.0510. The number of fused-ring (bicyclic) bond motifs is 4. The lowest BCUT2D eigenvalue weighted by Gasteiger charge is -2.42. The molecule has 86 heavy (non-hydrogen) atoms. The van der Waals surface area contributed by atoms with Crippen molar-refractivity contribution in [1.29, 1.82) is 0 Å². The van der Waals surface area contributed by atoms with Crippen molar-refractivity contribution in [1.82, 2.24) is 45.3 Å². The van der Waals surface area contributed by atoms with Gasteiger partial charge < -0.3 is 49.4 Å². The highest BCUT2D eigenvalue weighted by Gasteiger charge is 2.48. The molecule has 3 saturated heterocycles. The van der Waals surface area contributed by atoms with Gasteiger partial charge in [0.2, 0.25) is 17.7 Å². The Morgan fingerprint density at radius 2 is 1.69 bits per heavy atom. The lowest BCUT2D eigenvalue weighted by molar-refractivity contribution is -0.144. The highest BCUT2D eigenvalue weighted by molar-refractivity contribution is 7.13. The van der Waals surface area contributed by atoms with Gasteiger partial charge in [-0.2, -0.15) is 9.97 Å². The van der Waals surface area contributed by atoms with Crippen LogP contribution in [-0.4, -0.2) is 160 Å². The van der Waals surface area contributed by atoms with Gasteiger partial charge in [-0.3, -0.25) is 24.3 Å². The Hall–Kier alpha value is -7.58. The Balaban J connectivity index is 0.836. The smallest absolute Gasteiger partial charge is 0.410 e. The Bertz CT molecular complexity index is 3580. The van der Waals surface area contributed by atoms with Crippen molar-refractivity contribution in [3.8, 4) is 45.8 Å². The molecule has 6 aromatic rings. The number of likely N-dealkylation sites (tertiary alicyclic amines) is 1. The summed E-state index contributed by atoms with van der Waals surface area (Å²) < 4.78 is 56.4. The van der Waals surface area contributed by atoms with Gasteiger partial charge >= 0.3 is 12.1 Å². The zero-order chi connectivity index (χ0) is 61.6. The largest absolute Gasteiger partial charge is 0.468 e. The van der Waals surface area contributed by atoms with Crippen LogP contribution >= 0.6 is 11.3 Å². The van der Waals surface area contributed by atoms with Gasteiger partial charge in [0, 0.05) is 75.2 Å². The molecule has 3 N–H and O–H groups in total. The van der Waals surface area contributed by atoms with Crippen molar-refractivity contribution < 1.29 is 52.0 Å². The van der Waals surface area contributed by atoms with E-state index < -0.39 is 58.7 Å². The number of aliphatic hydroxyl groups excluding tert-OH is 1. The maximum atomic E-state index is 17.7. The number of carbonyl (C=O) groups excluding carboxylic acids is 4. The van der Waals surface area contributed by atoms with Crippen LogP contribution in [0.4, 0.5) is 19.4 Å². The molecular weight excluding hydrogens is 1120 g/mol. The van der Waals surface area contributed by atoms with Crippen LogP contribution in [0.2, 0.25) is 0 Å². The van der Waals surface area contributed by atoms with Crippen molar-refractivity contribution in [3.63, 3.8) is 0 Å². The van der Waals surface area contributed by atoms with Crippen molar-refractivity contribution in [3.05, 3.63) is 88.7 Å².